The van der Waals surface area contributed by atoms with Crippen LogP contribution in [-0.4, -0.2) is 16.1 Å². The van der Waals surface area contributed by atoms with Gasteiger partial charge in [-0.15, -0.1) is 12.4 Å². The zero-order chi connectivity index (χ0) is 11.8. The molecule has 1 aliphatic rings. The van der Waals surface area contributed by atoms with Gasteiger partial charge in [0.2, 0.25) is 0 Å². The number of rotatable bonds is 2. The Hall–Kier alpha value is -1.58. The van der Waals surface area contributed by atoms with Crippen molar-refractivity contribution in [2.75, 3.05) is 0 Å². The second-order valence-electron chi connectivity index (χ2n) is 4.52. The Morgan fingerprint density at radius 2 is 1.67 bits per heavy atom. The van der Waals surface area contributed by atoms with E-state index in [2.05, 4.69) is 11.1 Å². The first-order chi connectivity index (χ1) is 8.24. The van der Waals surface area contributed by atoms with Crippen LogP contribution in [0.5, 0.6) is 5.75 Å². The maximum absolute atomic E-state index is 9.23. The highest BCUT2D eigenvalue weighted by Gasteiger charge is 2.35. The molecule has 1 aromatic carbocycles. The Kier molecular flexibility index (Phi) is 3.55. The number of hydrogen-bond donors (Lipinski definition) is 2. The summed E-state index contributed by atoms with van der Waals surface area (Å²) in [6.07, 6.45) is 2.91. The monoisotopic (exact) mass is 262 g/mol. The van der Waals surface area contributed by atoms with Crippen LogP contribution in [0.15, 0.2) is 42.6 Å². The van der Waals surface area contributed by atoms with Gasteiger partial charge >= 0.3 is 0 Å². The van der Waals surface area contributed by atoms with Crippen LogP contribution in [0, 0.1) is 0 Å². The van der Waals surface area contributed by atoms with Crippen LogP contribution < -0.4 is 5.73 Å². The highest BCUT2D eigenvalue weighted by Crippen LogP contribution is 2.38. The lowest BCUT2D eigenvalue weighted by Crippen LogP contribution is -2.01. The minimum absolute atomic E-state index is 0. The molecule has 18 heavy (non-hydrogen) atoms. The molecule has 3 N–H and O–H groups in total. The largest absolute Gasteiger partial charge is 0.508 e. The lowest BCUT2D eigenvalue weighted by atomic mass is 10.1. The number of halogens is 1. The van der Waals surface area contributed by atoms with Gasteiger partial charge in [0.1, 0.15) is 5.75 Å². The number of phenols is 1. The van der Waals surface area contributed by atoms with Crippen LogP contribution in [0.25, 0.3) is 11.1 Å². The molecule has 0 unspecified atom stereocenters. The molecule has 1 aliphatic carbocycles. The van der Waals surface area contributed by atoms with Crippen LogP contribution in [0.4, 0.5) is 0 Å². The number of benzene rings is 1. The molecule has 1 fully saturated rings. The van der Waals surface area contributed by atoms with Crippen molar-refractivity contribution in [1.82, 2.24) is 4.98 Å². The third-order valence-electron chi connectivity index (χ3n) is 3.21. The maximum atomic E-state index is 9.23. The summed E-state index contributed by atoms with van der Waals surface area (Å²) in [6, 6.07) is 11.5. The number of hydrogen-bond acceptors (Lipinski definition) is 3. The topological polar surface area (TPSA) is 59.1 Å². The standard InChI is InChI=1S/C14H14N2O.ClH/c15-13-7-12(13)14-6-3-10(8-16-14)9-1-4-11(17)5-2-9;/h1-6,8,12-13,17H,7,15H2;1H/t12-,13-;/m1./s1. The molecule has 3 nitrogen and oxygen atoms in total. The van der Waals surface area contributed by atoms with E-state index < -0.39 is 0 Å². The summed E-state index contributed by atoms with van der Waals surface area (Å²) >= 11 is 0. The summed E-state index contributed by atoms with van der Waals surface area (Å²) in [6.45, 7) is 0. The van der Waals surface area contributed by atoms with Gasteiger partial charge in [-0.25, -0.2) is 0 Å². The molecule has 4 heteroatoms. The van der Waals surface area contributed by atoms with Crippen molar-refractivity contribution in [3.63, 3.8) is 0 Å². The first kappa shape index (κ1) is 12.9. The highest BCUT2D eigenvalue weighted by molar-refractivity contribution is 5.85. The fourth-order valence-corrected chi connectivity index (χ4v) is 2.00. The average molecular weight is 263 g/mol. The van der Waals surface area contributed by atoms with E-state index in [0.717, 1.165) is 23.2 Å². The summed E-state index contributed by atoms with van der Waals surface area (Å²) < 4.78 is 0. The minimum Gasteiger partial charge on any atom is -0.508 e. The molecule has 3 rings (SSSR count). The minimum atomic E-state index is 0. The molecule has 0 saturated heterocycles. The molecule has 0 spiro atoms. The van der Waals surface area contributed by atoms with Crippen molar-refractivity contribution >= 4 is 12.4 Å². The van der Waals surface area contributed by atoms with E-state index >= 15 is 0 Å². The molecule has 94 valence electrons. The molecular weight excluding hydrogens is 248 g/mol. The maximum Gasteiger partial charge on any atom is 0.115 e. The van der Waals surface area contributed by atoms with Gasteiger partial charge in [0.25, 0.3) is 0 Å². The molecule has 2 aromatic rings. The predicted octanol–water partition coefficient (Wildman–Crippen LogP) is 2.69. The first-order valence-electron chi connectivity index (χ1n) is 5.75. The number of nitrogens with two attached hydrogens (primary N) is 1. The van der Waals surface area contributed by atoms with E-state index in [1.165, 1.54) is 0 Å². The summed E-state index contributed by atoms with van der Waals surface area (Å²) in [5, 5.41) is 9.23. The molecule has 0 bridgehead atoms. The fourth-order valence-electron chi connectivity index (χ4n) is 2.00. The zero-order valence-electron chi connectivity index (χ0n) is 9.78. The smallest absolute Gasteiger partial charge is 0.115 e. The van der Waals surface area contributed by atoms with Crippen molar-refractivity contribution in [3.05, 3.63) is 48.3 Å². The molecule has 1 saturated carbocycles. The fraction of sp³-hybridized carbons (Fsp3) is 0.214. The highest BCUT2D eigenvalue weighted by atomic mass is 35.5. The Balaban J connectivity index is 0.00000120. The van der Waals surface area contributed by atoms with Crippen molar-refractivity contribution in [2.45, 2.75) is 18.4 Å². The number of aromatic hydroxyl groups is 1. The average Bonchev–Trinajstić information content (AvgIpc) is 3.08. The van der Waals surface area contributed by atoms with Crippen LogP contribution >= 0.6 is 12.4 Å². The Labute approximate surface area is 112 Å². The molecule has 1 heterocycles. The Morgan fingerprint density at radius 3 is 2.17 bits per heavy atom. The van der Waals surface area contributed by atoms with Gasteiger partial charge in [0, 0.05) is 29.4 Å². The number of pyridine rings is 1. The predicted molar refractivity (Wildman–Crippen MR) is 73.9 cm³/mol. The van der Waals surface area contributed by atoms with Crippen molar-refractivity contribution < 1.29 is 5.11 Å². The van der Waals surface area contributed by atoms with Crippen LogP contribution in [0.3, 0.4) is 0 Å². The van der Waals surface area contributed by atoms with E-state index in [-0.39, 0.29) is 18.2 Å². The van der Waals surface area contributed by atoms with Gasteiger partial charge in [-0.2, -0.15) is 0 Å². The van der Waals surface area contributed by atoms with Crippen molar-refractivity contribution in [1.29, 1.82) is 0 Å². The van der Waals surface area contributed by atoms with Gasteiger partial charge in [-0.1, -0.05) is 18.2 Å². The zero-order valence-corrected chi connectivity index (χ0v) is 10.6. The van der Waals surface area contributed by atoms with E-state index in [1.807, 2.05) is 24.4 Å². The lowest BCUT2D eigenvalue weighted by Gasteiger charge is -2.03. The number of nitrogens with zero attached hydrogens (tertiary/aromatic N) is 1. The van der Waals surface area contributed by atoms with Crippen molar-refractivity contribution in [2.24, 2.45) is 5.73 Å². The normalized spacial score (nSPS) is 21.2. The molecular formula is C14H15ClN2O. The van der Waals surface area contributed by atoms with Gasteiger partial charge in [0.05, 0.1) is 0 Å². The summed E-state index contributed by atoms with van der Waals surface area (Å²) in [5.74, 6) is 0.728. The summed E-state index contributed by atoms with van der Waals surface area (Å²) in [4.78, 5) is 4.45. The quantitative estimate of drug-likeness (QED) is 0.875. The third-order valence-corrected chi connectivity index (χ3v) is 3.21. The first-order valence-corrected chi connectivity index (χ1v) is 5.75. The van der Waals surface area contributed by atoms with Gasteiger partial charge in [0.15, 0.2) is 0 Å². The third kappa shape index (κ3) is 2.47. The second kappa shape index (κ2) is 4.96. The molecule has 0 aliphatic heterocycles. The van der Waals surface area contributed by atoms with Gasteiger partial charge in [-0.3, -0.25) is 4.98 Å². The molecule has 1 aromatic heterocycles. The van der Waals surface area contributed by atoms with E-state index in [1.54, 1.807) is 12.1 Å². The van der Waals surface area contributed by atoms with Crippen LogP contribution in [0.1, 0.15) is 18.0 Å². The van der Waals surface area contributed by atoms with E-state index in [0.29, 0.717) is 12.0 Å². The van der Waals surface area contributed by atoms with Crippen LogP contribution in [0.2, 0.25) is 0 Å². The summed E-state index contributed by atoms with van der Waals surface area (Å²) in [5.41, 5.74) is 9.00. The van der Waals surface area contributed by atoms with Crippen molar-refractivity contribution in [3.8, 4) is 16.9 Å². The van der Waals surface area contributed by atoms with Gasteiger partial charge in [-0.05, 0) is 30.2 Å². The molecule has 0 amide bonds. The summed E-state index contributed by atoms with van der Waals surface area (Å²) in [7, 11) is 0. The number of phenolic OH excluding ortho intramolecular Hbond substituents is 1. The molecule has 2 atom stereocenters. The molecule has 0 radical (unpaired) electrons. The SMILES string of the molecule is Cl.N[C@@H]1C[C@H]1c1ccc(-c2ccc(O)cc2)cn1. The Morgan fingerprint density at radius 1 is 1.06 bits per heavy atom. The van der Waals surface area contributed by atoms with Crippen LogP contribution in [-0.2, 0) is 0 Å². The van der Waals surface area contributed by atoms with Gasteiger partial charge < -0.3 is 10.8 Å². The number of aromatic nitrogens is 1. The van der Waals surface area contributed by atoms with E-state index in [4.69, 9.17) is 5.73 Å². The Bertz CT molecular complexity index is 524. The lowest BCUT2D eigenvalue weighted by molar-refractivity contribution is 0.475. The van der Waals surface area contributed by atoms with E-state index in [9.17, 15) is 5.11 Å². The second-order valence-corrected chi connectivity index (χ2v) is 4.52.